The quantitative estimate of drug-likeness (QED) is 0.0738. The second kappa shape index (κ2) is 27.7. The van der Waals surface area contributed by atoms with E-state index in [4.69, 9.17) is 19.9 Å². The summed E-state index contributed by atoms with van der Waals surface area (Å²) in [6.07, 6.45) is -7.56. The average molecular weight is 1690 g/mol. The van der Waals surface area contributed by atoms with Gasteiger partial charge in [0.25, 0.3) is 0 Å². The van der Waals surface area contributed by atoms with Crippen molar-refractivity contribution in [3.05, 3.63) is 227 Å². The van der Waals surface area contributed by atoms with E-state index in [1.807, 2.05) is 0 Å². The van der Waals surface area contributed by atoms with Crippen LogP contribution < -0.4 is 19.9 Å². The summed E-state index contributed by atoms with van der Waals surface area (Å²) >= 11 is 0. The van der Waals surface area contributed by atoms with E-state index in [1.54, 1.807) is 0 Å². The van der Waals surface area contributed by atoms with Crippen LogP contribution in [-0.4, -0.2) is 79.7 Å². The van der Waals surface area contributed by atoms with Gasteiger partial charge in [0.1, 0.15) is 0 Å². The van der Waals surface area contributed by atoms with Crippen LogP contribution in [0.5, 0.6) is 0 Å². The van der Waals surface area contributed by atoms with Crippen LogP contribution in [0.3, 0.4) is 0 Å². The number of nitrogens with zero attached hydrogens (tertiary/aromatic N) is 8. The zero-order valence-corrected chi connectivity index (χ0v) is 61.5. The summed E-state index contributed by atoms with van der Waals surface area (Å²) in [6, 6.07) is 36.2. The molecule has 36 heteroatoms. The molecule has 566 valence electrons. The van der Waals surface area contributed by atoms with Gasteiger partial charge in [0.05, 0.1) is 45.6 Å². The van der Waals surface area contributed by atoms with Crippen LogP contribution in [0.25, 0.3) is 148 Å². The second-order valence-corrected chi connectivity index (χ2v) is 24.9. The van der Waals surface area contributed by atoms with Crippen LogP contribution in [0.1, 0.15) is 56.7 Å². The summed E-state index contributed by atoms with van der Waals surface area (Å²) in [5.74, 6) is -78.9. The van der Waals surface area contributed by atoms with E-state index < -0.39 is 128 Å². The number of hydrogen-bond donors (Lipinski definition) is 0. The third kappa shape index (κ3) is 12.4. The summed E-state index contributed by atoms with van der Waals surface area (Å²) in [6.45, 7) is 0. The van der Waals surface area contributed by atoms with E-state index in [0.717, 1.165) is 24.3 Å². The molecule has 14 rings (SSSR count). The van der Waals surface area contributed by atoms with Crippen molar-refractivity contribution >= 4 is 92.7 Å². The first kappa shape index (κ1) is 81.0. The van der Waals surface area contributed by atoms with E-state index in [2.05, 4.69) is 19.9 Å². The summed E-state index contributed by atoms with van der Waals surface area (Å²) < 4.78 is 395. The standard InChI is InChI=1S/C76H36F26N8.2Zn/c77-65(78,67(81,82)69(85,86)71(89,90)73(93,94)75(97,98)99)63-53-33-29-45(107-53)57(37-13-5-1-6-14-37)41-21-25-49(103-41)61(50-26-22-42(104-50)58(38-15-7-2-8-16-38)46-30-34-54(63)108-46)62-51-27-23-43(105-51)59(39-17-9-3-10-18-39)47-31-35-55(109-47)64(66(79,80)68(83,84)70(87,88)72(91,92)74(95,96)76(100,101)102)56-36-32-48(110-56)60(40-19-11-4-12-20-40)44-24-28-52(62)106-44;;/h1-36H;;/q-4;2*+2. The molecule has 10 aromatic rings. The van der Waals surface area contributed by atoms with Crippen molar-refractivity contribution in [2.45, 2.75) is 71.6 Å². The Labute approximate surface area is 636 Å². The predicted molar refractivity (Wildman–Crippen MR) is 354 cm³/mol. The molecule has 4 aromatic carbocycles. The molecule has 0 saturated heterocycles. The first-order valence-corrected chi connectivity index (χ1v) is 31.7. The number of halogens is 26. The minimum absolute atomic E-state index is 0. The van der Waals surface area contributed by atoms with Gasteiger partial charge in [-0.25, -0.2) is 19.9 Å². The maximum absolute atomic E-state index is 17.3. The average Bonchev–Trinajstić information content (AvgIpc) is 0.804. The minimum atomic E-state index is -8.30. The van der Waals surface area contributed by atoms with Gasteiger partial charge in [0, 0.05) is 11.1 Å². The number of fused-ring (bicyclic) bond motifs is 16. The monoisotopic (exact) mass is 1680 g/mol. The molecular formula is C76H36F26N8Zn2. The van der Waals surface area contributed by atoms with Crippen molar-refractivity contribution < 1.29 is 153 Å². The summed E-state index contributed by atoms with van der Waals surface area (Å²) in [5.41, 5.74) is -15.7. The normalized spacial score (nSPS) is 14.1. The van der Waals surface area contributed by atoms with Gasteiger partial charge in [-0.1, -0.05) is 170 Å². The molecule has 0 saturated carbocycles. The van der Waals surface area contributed by atoms with Crippen molar-refractivity contribution in [1.29, 1.82) is 0 Å². The number of rotatable bonds is 15. The van der Waals surface area contributed by atoms with Gasteiger partial charge in [-0.2, -0.15) is 114 Å². The molecule has 0 spiro atoms. The van der Waals surface area contributed by atoms with Gasteiger partial charge in [-0.15, -0.1) is 44.1 Å². The Balaban J connectivity index is 0.00000582. The summed E-state index contributed by atoms with van der Waals surface area (Å²) in [5, 5.41) is 0. The van der Waals surface area contributed by atoms with Crippen LogP contribution in [0.2, 0.25) is 0 Å². The van der Waals surface area contributed by atoms with E-state index in [0.29, 0.717) is 24.3 Å². The van der Waals surface area contributed by atoms with Crippen LogP contribution in [0.4, 0.5) is 114 Å². The smallest absolute Gasteiger partial charge is 0.657 e. The summed E-state index contributed by atoms with van der Waals surface area (Å²) in [7, 11) is 0. The Morgan fingerprint density at radius 1 is 0.188 bits per heavy atom. The zero-order valence-electron chi connectivity index (χ0n) is 55.6. The molecule has 16 bridgehead atoms. The molecule has 8 nitrogen and oxygen atoms in total. The topological polar surface area (TPSA) is 108 Å². The van der Waals surface area contributed by atoms with Crippen molar-refractivity contribution in [1.82, 2.24) is 39.9 Å². The maximum Gasteiger partial charge on any atom is 2.00 e. The first-order chi connectivity index (χ1) is 51.4. The van der Waals surface area contributed by atoms with E-state index in [-0.39, 0.29) is 139 Å². The minimum Gasteiger partial charge on any atom is -0.657 e. The van der Waals surface area contributed by atoms with Crippen LogP contribution in [0.15, 0.2) is 170 Å². The van der Waals surface area contributed by atoms with Gasteiger partial charge < -0.3 is 19.9 Å². The molecule has 6 aromatic heterocycles. The van der Waals surface area contributed by atoms with Crippen molar-refractivity contribution in [2.75, 3.05) is 0 Å². The van der Waals surface area contributed by atoms with Gasteiger partial charge in [0.15, 0.2) is 0 Å². The molecule has 112 heavy (non-hydrogen) atoms. The molecule has 0 aliphatic carbocycles. The number of aromatic nitrogens is 8. The third-order valence-corrected chi connectivity index (χ3v) is 18.2. The van der Waals surface area contributed by atoms with Crippen LogP contribution in [0, 0.1) is 0 Å². The van der Waals surface area contributed by atoms with Gasteiger partial charge in [0.2, 0.25) is 0 Å². The fourth-order valence-electron chi connectivity index (χ4n) is 12.8. The molecule has 4 aliphatic heterocycles. The Bertz CT molecular complexity index is 5430. The van der Waals surface area contributed by atoms with Gasteiger partial charge in [-0.05, 0) is 104 Å². The van der Waals surface area contributed by atoms with E-state index >= 15 is 70.2 Å². The number of benzene rings is 4. The Kier molecular flexibility index (Phi) is 20.0. The second-order valence-electron chi connectivity index (χ2n) is 24.9. The SMILES string of the molecule is FC(F)(F)C(F)(F)C(F)(F)C(F)(F)C(F)(F)C(F)(F)c1c2nc(c(-c3ccccc3)c3ccc([n-]3)c(-c3c4nc(c(-c5ccccc5)c5ccc([n-]5)c(C(F)(F)C(F)(F)C(F)(F)C(F)(F)C(F)(F)C(F)(F)F)c5nc(c(-c6ccccc6)c6ccc3[n-]6)C=C5)C=C4)c3nc(c(-c4ccccc4)c4ccc1[n-]4)C=C3)C=C2.[Zn+2].[Zn+2]. The largest absolute Gasteiger partial charge is 2.00 e. The molecule has 0 unspecified atom stereocenters. The van der Waals surface area contributed by atoms with E-state index in [9.17, 15) is 43.9 Å². The molecule has 0 N–H and O–H groups in total. The molecule has 4 aliphatic rings. The fourth-order valence-corrected chi connectivity index (χ4v) is 12.8. The van der Waals surface area contributed by atoms with Crippen molar-refractivity contribution in [3.8, 4) is 55.6 Å². The Hall–Kier alpha value is -10.5. The van der Waals surface area contributed by atoms with E-state index in [1.165, 1.54) is 170 Å². The molecule has 0 fully saturated rings. The zero-order chi connectivity index (χ0) is 79.3. The Morgan fingerprint density at radius 3 is 0.598 bits per heavy atom. The molecule has 0 radical (unpaired) electrons. The molecule has 0 amide bonds. The predicted octanol–water partition coefficient (Wildman–Crippen LogP) is 22.9. The van der Waals surface area contributed by atoms with Gasteiger partial charge >= 0.3 is 111 Å². The summed E-state index contributed by atoms with van der Waals surface area (Å²) in [4.78, 5) is 36.4. The molecule has 10 heterocycles. The molecule has 0 atom stereocenters. The number of alkyl halides is 26. The fraction of sp³-hybridized carbons (Fsp3) is 0.158. The first-order valence-electron chi connectivity index (χ1n) is 31.7. The Morgan fingerprint density at radius 2 is 0.366 bits per heavy atom. The van der Waals surface area contributed by atoms with Crippen molar-refractivity contribution in [3.63, 3.8) is 0 Å². The van der Waals surface area contributed by atoms with Crippen LogP contribution >= 0.6 is 0 Å². The maximum atomic E-state index is 17.3. The van der Waals surface area contributed by atoms with Crippen molar-refractivity contribution in [2.24, 2.45) is 0 Å². The molecular weight excluding hydrogens is 1650 g/mol. The number of hydrogen-bond acceptors (Lipinski definition) is 4. The third-order valence-electron chi connectivity index (χ3n) is 18.2. The van der Waals surface area contributed by atoms with Crippen LogP contribution in [-0.2, 0) is 50.8 Å². The van der Waals surface area contributed by atoms with Gasteiger partial charge in [-0.3, -0.25) is 0 Å².